The summed E-state index contributed by atoms with van der Waals surface area (Å²) in [6.45, 7) is 5.87. The average Bonchev–Trinajstić information content (AvgIpc) is 2.13. The molecule has 0 heterocycles. The zero-order valence-corrected chi connectivity index (χ0v) is 11.2. The van der Waals surface area contributed by atoms with Crippen molar-refractivity contribution in [3.05, 3.63) is 18.2 Å². The minimum Gasteiger partial charge on any atom is -0.497 e. The standard InChI is InChI=1S/C11H15F3O2Si/c1-15-8-5-6-10(17(2,3)4)9(7-8)16-11(12,13)14/h5-7H,1-4H3. The molecule has 0 radical (unpaired) electrons. The molecule has 0 bridgehead atoms. The Morgan fingerprint density at radius 3 is 2.12 bits per heavy atom. The summed E-state index contributed by atoms with van der Waals surface area (Å²) in [4.78, 5) is 0. The molecule has 0 N–H and O–H groups in total. The Morgan fingerprint density at radius 1 is 1.12 bits per heavy atom. The van der Waals surface area contributed by atoms with Gasteiger partial charge >= 0.3 is 6.36 Å². The van der Waals surface area contributed by atoms with Crippen molar-refractivity contribution in [2.45, 2.75) is 26.0 Å². The first kappa shape index (κ1) is 13.9. The van der Waals surface area contributed by atoms with Gasteiger partial charge in [0.05, 0.1) is 15.2 Å². The molecule has 1 aromatic carbocycles. The van der Waals surface area contributed by atoms with E-state index < -0.39 is 14.4 Å². The van der Waals surface area contributed by atoms with Gasteiger partial charge in [-0.1, -0.05) is 25.7 Å². The van der Waals surface area contributed by atoms with Gasteiger partial charge in [0.15, 0.2) is 0 Å². The second kappa shape index (κ2) is 4.60. The van der Waals surface area contributed by atoms with Gasteiger partial charge in [-0.2, -0.15) is 0 Å². The fraction of sp³-hybridized carbons (Fsp3) is 0.455. The van der Waals surface area contributed by atoms with E-state index in [1.54, 1.807) is 12.1 Å². The van der Waals surface area contributed by atoms with Crippen molar-refractivity contribution in [2.24, 2.45) is 0 Å². The van der Waals surface area contributed by atoms with Crippen LogP contribution in [0.5, 0.6) is 11.5 Å². The van der Waals surface area contributed by atoms with Crippen LogP contribution in [0.1, 0.15) is 0 Å². The molecule has 0 amide bonds. The smallest absolute Gasteiger partial charge is 0.497 e. The van der Waals surface area contributed by atoms with E-state index in [0.29, 0.717) is 10.9 Å². The molecule has 17 heavy (non-hydrogen) atoms. The number of benzene rings is 1. The monoisotopic (exact) mass is 264 g/mol. The highest BCUT2D eigenvalue weighted by atomic mass is 28.3. The van der Waals surface area contributed by atoms with Crippen LogP contribution >= 0.6 is 0 Å². The van der Waals surface area contributed by atoms with Crippen LogP contribution in [0.15, 0.2) is 18.2 Å². The molecule has 6 heteroatoms. The van der Waals surface area contributed by atoms with E-state index in [1.165, 1.54) is 13.2 Å². The van der Waals surface area contributed by atoms with Crippen molar-refractivity contribution in [3.8, 4) is 11.5 Å². The average molecular weight is 264 g/mol. The lowest BCUT2D eigenvalue weighted by Gasteiger charge is -2.22. The number of rotatable bonds is 3. The maximum atomic E-state index is 12.3. The second-order valence-corrected chi connectivity index (χ2v) is 9.70. The Balaban J connectivity index is 3.22. The van der Waals surface area contributed by atoms with E-state index in [-0.39, 0.29) is 5.75 Å². The highest BCUT2D eigenvalue weighted by Gasteiger charge is 2.34. The summed E-state index contributed by atoms with van der Waals surface area (Å²) in [6.07, 6.45) is -4.68. The molecule has 0 fully saturated rings. The van der Waals surface area contributed by atoms with E-state index in [1.807, 2.05) is 19.6 Å². The molecule has 1 rings (SSSR count). The van der Waals surface area contributed by atoms with Gasteiger partial charge in [0, 0.05) is 6.07 Å². The molecule has 2 nitrogen and oxygen atoms in total. The molecule has 1 aromatic rings. The summed E-state index contributed by atoms with van der Waals surface area (Å²) < 4.78 is 45.9. The van der Waals surface area contributed by atoms with E-state index in [2.05, 4.69) is 4.74 Å². The van der Waals surface area contributed by atoms with E-state index >= 15 is 0 Å². The van der Waals surface area contributed by atoms with E-state index in [4.69, 9.17) is 4.74 Å². The van der Waals surface area contributed by atoms with Crippen molar-refractivity contribution in [3.63, 3.8) is 0 Å². The largest absolute Gasteiger partial charge is 0.573 e. The second-order valence-electron chi connectivity index (χ2n) is 4.66. The third-order valence-electron chi connectivity index (χ3n) is 2.22. The molecule has 96 valence electrons. The van der Waals surface area contributed by atoms with Crippen LogP contribution in [0.4, 0.5) is 13.2 Å². The maximum Gasteiger partial charge on any atom is 0.573 e. The number of ether oxygens (including phenoxy) is 2. The molecule has 0 aliphatic carbocycles. The minimum absolute atomic E-state index is 0.156. The number of alkyl halides is 3. The van der Waals surface area contributed by atoms with Crippen LogP contribution in [0.3, 0.4) is 0 Å². The third kappa shape index (κ3) is 3.96. The van der Waals surface area contributed by atoms with E-state index in [9.17, 15) is 13.2 Å². The molecule has 0 saturated carbocycles. The zero-order chi connectivity index (χ0) is 13.3. The van der Waals surface area contributed by atoms with Crippen molar-refractivity contribution >= 4 is 13.3 Å². The zero-order valence-electron chi connectivity index (χ0n) is 10.2. The number of halogens is 3. The molecular weight excluding hydrogens is 249 g/mol. The van der Waals surface area contributed by atoms with Gasteiger partial charge in [0.2, 0.25) is 0 Å². The number of methoxy groups -OCH3 is 1. The highest BCUT2D eigenvalue weighted by Crippen LogP contribution is 2.26. The lowest BCUT2D eigenvalue weighted by molar-refractivity contribution is -0.274. The van der Waals surface area contributed by atoms with Gasteiger partial charge < -0.3 is 9.47 Å². The number of hydrogen-bond acceptors (Lipinski definition) is 2. The first-order valence-corrected chi connectivity index (χ1v) is 8.58. The van der Waals surface area contributed by atoms with Crippen LogP contribution in [0, 0.1) is 0 Å². The van der Waals surface area contributed by atoms with Gasteiger partial charge in [-0.3, -0.25) is 0 Å². The number of hydrogen-bond donors (Lipinski definition) is 0. The first-order chi connectivity index (χ1) is 7.63. The Labute approximate surface area is 99.4 Å². The van der Waals surface area contributed by atoms with Gasteiger partial charge in [0.25, 0.3) is 0 Å². The molecular formula is C11H15F3O2Si. The molecule has 0 atom stereocenters. The molecule has 0 aliphatic rings. The predicted molar refractivity (Wildman–Crippen MR) is 62.7 cm³/mol. The SMILES string of the molecule is COc1ccc([Si](C)(C)C)c(OC(F)(F)F)c1. The molecule has 0 unspecified atom stereocenters. The molecule has 0 spiro atoms. The third-order valence-corrected chi connectivity index (χ3v) is 4.25. The Hall–Kier alpha value is -1.17. The van der Waals surface area contributed by atoms with Crippen LogP contribution in [-0.2, 0) is 0 Å². The van der Waals surface area contributed by atoms with Gasteiger partial charge in [-0.05, 0) is 11.3 Å². The fourth-order valence-corrected chi connectivity index (χ4v) is 2.90. The van der Waals surface area contributed by atoms with Gasteiger partial charge in [-0.25, -0.2) is 0 Å². The molecule has 0 aromatic heterocycles. The van der Waals surface area contributed by atoms with Crippen molar-refractivity contribution in [1.29, 1.82) is 0 Å². The quantitative estimate of drug-likeness (QED) is 0.781. The fourth-order valence-electron chi connectivity index (χ4n) is 1.46. The normalized spacial score (nSPS) is 12.4. The van der Waals surface area contributed by atoms with Crippen LogP contribution < -0.4 is 14.7 Å². The van der Waals surface area contributed by atoms with Crippen LogP contribution in [0.2, 0.25) is 19.6 Å². The van der Waals surface area contributed by atoms with Crippen LogP contribution in [0.25, 0.3) is 0 Å². The van der Waals surface area contributed by atoms with Crippen molar-refractivity contribution in [1.82, 2.24) is 0 Å². The maximum absolute atomic E-state index is 12.3. The topological polar surface area (TPSA) is 18.5 Å². The lowest BCUT2D eigenvalue weighted by Crippen LogP contribution is -2.39. The summed E-state index contributed by atoms with van der Waals surface area (Å²) in [5, 5.41) is 0.621. The van der Waals surface area contributed by atoms with Crippen molar-refractivity contribution in [2.75, 3.05) is 7.11 Å². The van der Waals surface area contributed by atoms with E-state index in [0.717, 1.165) is 0 Å². The summed E-state index contributed by atoms with van der Waals surface area (Å²) in [5.74, 6) is 0.197. The van der Waals surface area contributed by atoms with Crippen LogP contribution in [-0.4, -0.2) is 21.5 Å². The Kier molecular flexibility index (Phi) is 3.76. The first-order valence-electron chi connectivity index (χ1n) is 5.08. The summed E-state index contributed by atoms with van der Waals surface area (Å²) in [6, 6.07) is 4.57. The summed E-state index contributed by atoms with van der Waals surface area (Å²) in [5.41, 5.74) is 0. The van der Waals surface area contributed by atoms with Gasteiger partial charge in [0.1, 0.15) is 11.5 Å². The lowest BCUT2D eigenvalue weighted by atomic mass is 10.3. The minimum atomic E-state index is -4.68. The summed E-state index contributed by atoms with van der Waals surface area (Å²) >= 11 is 0. The molecule has 0 aliphatic heterocycles. The van der Waals surface area contributed by atoms with Crippen molar-refractivity contribution < 1.29 is 22.6 Å². The van der Waals surface area contributed by atoms with Gasteiger partial charge in [-0.15, -0.1) is 13.2 Å². The molecule has 0 saturated heterocycles. The Morgan fingerprint density at radius 2 is 1.71 bits per heavy atom. The summed E-state index contributed by atoms with van der Waals surface area (Å²) in [7, 11) is -0.490. The highest BCUT2D eigenvalue weighted by molar-refractivity contribution is 6.89. The predicted octanol–water partition coefficient (Wildman–Crippen LogP) is 3.14. The Bertz CT molecular complexity index is 397.